The van der Waals surface area contributed by atoms with Gasteiger partial charge in [0.25, 0.3) is 0 Å². The van der Waals surface area contributed by atoms with Crippen LogP contribution < -0.4 is 0 Å². The Bertz CT molecular complexity index is 1490. The fourth-order valence-corrected chi connectivity index (χ4v) is 8.58. The first-order valence-corrected chi connectivity index (χ1v) is 30.3. The minimum Gasteiger partial charge on any atom is -0.462 e. The molecule has 0 aliphatic carbocycles. The number of ether oxygens (including phenoxy) is 3. The van der Waals surface area contributed by atoms with E-state index >= 15 is 0 Å². The Morgan fingerprint density at radius 2 is 0.722 bits per heavy atom. The molecule has 0 aliphatic rings. The van der Waals surface area contributed by atoms with E-state index in [0.29, 0.717) is 19.3 Å². The highest BCUT2D eigenvalue weighted by Gasteiger charge is 2.28. The molecule has 2 N–H and O–H groups in total. The summed E-state index contributed by atoms with van der Waals surface area (Å²) in [4.78, 5) is 48.5. The number of hydrogen-bond acceptors (Lipinski definition) is 10. The third-order valence-corrected chi connectivity index (χ3v) is 13.1. The van der Waals surface area contributed by atoms with Crippen molar-refractivity contribution in [3.05, 3.63) is 72.9 Å². The highest BCUT2D eigenvalue weighted by atomic mass is 31.2. The van der Waals surface area contributed by atoms with E-state index < -0.39 is 57.8 Å². The number of aliphatic hydroxyl groups is 1. The van der Waals surface area contributed by atoms with Crippen LogP contribution in [0.2, 0.25) is 0 Å². The van der Waals surface area contributed by atoms with Gasteiger partial charge in [-0.05, 0) is 83.5 Å². The summed E-state index contributed by atoms with van der Waals surface area (Å²) in [6.07, 6.45) is 60.2. The minimum absolute atomic E-state index is 0.139. The van der Waals surface area contributed by atoms with Crippen molar-refractivity contribution in [3.63, 3.8) is 0 Å². The molecule has 0 saturated heterocycles. The zero-order chi connectivity index (χ0) is 52.7. The van der Waals surface area contributed by atoms with Crippen molar-refractivity contribution in [2.75, 3.05) is 26.4 Å². The summed E-state index contributed by atoms with van der Waals surface area (Å²) < 4.78 is 39.4. The largest absolute Gasteiger partial charge is 0.472 e. The molecule has 0 radical (unpaired) electrons. The quantitative estimate of drug-likeness (QED) is 0.0197. The molecule has 3 unspecified atom stereocenters. The van der Waals surface area contributed by atoms with Gasteiger partial charge in [0, 0.05) is 19.3 Å². The molecular weight excluding hydrogens is 928 g/mol. The Morgan fingerprint density at radius 1 is 0.403 bits per heavy atom. The van der Waals surface area contributed by atoms with Gasteiger partial charge in [-0.2, -0.15) is 0 Å². The number of hydrogen-bond donors (Lipinski definition) is 2. The first-order chi connectivity index (χ1) is 35.2. The summed E-state index contributed by atoms with van der Waals surface area (Å²) in [6, 6.07) is 0. The summed E-state index contributed by atoms with van der Waals surface area (Å²) in [6.45, 7) is 4.37. The van der Waals surface area contributed by atoms with Gasteiger partial charge >= 0.3 is 25.7 Å². The first kappa shape index (κ1) is 68.9. The van der Waals surface area contributed by atoms with Crippen LogP contribution in [0.4, 0.5) is 0 Å². The number of phosphoric acid groups is 1. The number of carbonyl (C=O) groups excluding carboxylic acids is 3. The maximum Gasteiger partial charge on any atom is 0.472 e. The Hall–Kier alpha value is -3.08. The van der Waals surface area contributed by atoms with Crippen LogP contribution in [-0.4, -0.2) is 66.5 Å². The van der Waals surface area contributed by atoms with Gasteiger partial charge in [-0.1, -0.05) is 222 Å². The molecule has 3 atom stereocenters. The van der Waals surface area contributed by atoms with Crippen LogP contribution in [0.5, 0.6) is 0 Å². The third-order valence-electron chi connectivity index (χ3n) is 12.1. The van der Waals surface area contributed by atoms with Crippen LogP contribution in [-0.2, 0) is 42.2 Å². The Kier molecular flexibility index (Phi) is 51.9. The van der Waals surface area contributed by atoms with Crippen molar-refractivity contribution >= 4 is 25.7 Å². The summed E-state index contributed by atoms with van der Waals surface area (Å²) in [5, 5.41) is 9.79. The van der Waals surface area contributed by atoms with E-state index in [-0.39, 0.29) is 25.9 Å². The molecule has 11 nitrogen and oxygen atoms in total. The fraction of sp³-hybridized carbons (Fsp3) is 0.750. The molecule has 0 spiro atoms. The highest BCUT2D eigenvalue weighted by Crippen LogP contribution is 2.43. The van der Waals surface area contributed by atoms with Gasteiger partial charge in [0.05, 0.1) is 19.8 Å². The van der Waals surface area contributed by atoms with Crippen molar-refractivity contribution in [1.82, 2.24) is 0 Å². The smallest absolute Gasteiger partial charge is 0.462 e. The lowest BCUT2D eigenvalue weighted by molar-refractivity contribution is -0.161. The average Bonchev–Trinajstić information content (AvgIpc) is 3.37. The van der Waals surface area contributed by atoms with E-state index in [1.54, 1.807) is 0 Å². The topological polar surface area (TPSA) is 155 Å². The number of esters is 3. The molecule has 0 aliphatic heterocycles. The normalized spacial score (nSPS) is 13.9. The highest BCUT2D eigenvalue weighted by molar-refractivity contribution is 7.47. The first-order valence-electron chi connectivity index (χ1n) is 28.8. The van der Waals surface area contributed by atoms with Crippen molar-refractivity contribution in [3.8, 4) is 0 Å². The zero-order valence-corrected chi connectivity index (χ0v) is 46.8. The zero-order valence-electron chi connectivity index (χ0n) is 45.9. The predicted octanol–water partition coefficient (Wildman–Crippen LogP) is 16.9. The number of phosphoric ester groups is 1. The van der Waals surface area contributed by atoms with Gasteiger partial charge in [-0.15, -0.1) is 0 Å². The number of unbranched alkanes of at least 4 members (excludes halogenated alkanes) is 24. The molecule has 0 heterocycles. The standard InChI is InChI=1S/C60H105O11P/c1-4-7-10-13-16-19-22-25-26-27-28-29-30-33-36-39-42-45-48-51-60(64)71-57(53-67-58(62)49-46-43-40-37-34-31-23-20-17-14-11-8-5-2)55-69-72(65,66)68-54-56(52-61)70-59(63)50-47-44-41-38-35-32-24-21-18-15-12-9-6-3/h8-9,11-12,17-18,20-21,31-32,34-35,56-57,61H,4-7,10,13-16,19,22-30,33,36-55H2,1-3H3,(H,65,66)/b11-8-,12-9-,20-17-,21-18-,34-31-,35-32-. The average molecular weight is 1030 g/mol. The Labute approximate surface area is 439 Å². The third kappa shape index (κ3) is 51.8. The number of aliphatic hydroxyl groups excluding tert-OH is 1. The van der Waals surface area contributed by atoms with Crippen molar-refractivity contribution < 1.29 is 52.2 Å². The summed E-state index contributed by atoms with van der Waals surface area (Å²) in [7, 11) is -4.76. The van der Waals surface area contributed by atoms with Crippen LogP contribution in [0.1, 0.15) is 252 Å². The number of allylic oxidation sites excluding steroid dienone is 12. The maximum absolute atomic E-state index is 12.9. The van der Waals surface area contributed by atoms with E-state index in [4.69, 9.17) is 23.3 Å². The monoisotopic (exact) mass is 1030 g/mol. The molecule has 12 heteroatoms. The van der Waals surface area contributed by atoms with E-state index in [0.717, 1.165) is 96.3 Å². The second-order valence-electron chi connectivity index (χ2n) is 19.0. The van der Waals surface area contributed by atoms with Crippen LogP contribution in [0.3, 0.4) is 0 Å². The van der Waals surface area contributed by atoms with Gasteiger partial charge < -0.3 is 24.2 Å². The lowest BCUT2D eigenvalue weighted by Crippen LogP contribution is -2.30. The van der Waals surface area contributed by atoms with Crippen molar-refractivity contribution in [1.29, 1.82) is 0 Å². The molecule has 0 aromatic rings. The van der Waals surface area contributed by atoms with Crippen LogP contribution in [0.15, 0.2) is 72.9 Å². The van der Waals surface area contributed by atoms with Gasteiger partial charge in [0.15, 0.2) is 6.10 Å². The lowest BCUT2D eigenvalue weighted by atomic mass is 10.0. The molecule has 416 valence electrons. The van der Waals surface area contributed by atoms with Gasteiger partial charge in [-0.25, -0.2) is 4.57 Å². The summed E-state index contributed by atoms with van der Waals surface area (Å²) >= 11 is 0. The van der Waals surface area contributed by atoms with Crippen molar-refractivity contribution in [2.45, 2.75) is 264 Å². The van der Waals surface area contributed by atoms with Crippen molar-refractivity contribution in [2.24, 2.45) is 0 Å². The molecule has 0 fully saturated rings. The molecule has 0 aromatic carbocycles. The molecule has 0 aromatic heterocycles. The molecule has 72 heavy (non-hydrogen) atoms. The molecular formula is C60H105O11P. The Morgan fingerprint density at radius 3 is 1.11 bits per heavy atom. The Balaban J connectivity index is 4.73. The molecule has 0 amide bonds. The maximum atomic E-state index is 12.9. The van der Waals surface area contributed by atoms with Gasteiger partial charge in [0.2, 0.25) is 0 Å². The number of carbonyl (C=O) groups is 3. The predicted molar refractivity (Wildman–Crippen MR) is 298 cm³/mol. The molecule has 0 saturated carbocycles. The summed E-state index contributed by atoms with van der Waals surface area (Å²) in [5.41, 5.74) is 0. The second kappa shape index (κ2) is 54.2. The van der Waals surface area contributed by atoms with E-state index in [2.05, 4.69) is 93.7 Å². The fourth-order valence-electron chi connectivity index (χ4n) is 7.80. The van der Waals surface area contributed by atoms with Gasteiger partial charge in [-0.3, -0.25) is 23.4 Å². The molecule has 0 rings (SSSR count). The van der Waals surface area contributed by atoms with Crippen LogP contribution >= 0.6 is 7.82 Å². The lowest BCUT2D eigenvalue weighted by Gasteiger charge is -2.21. The SMILES string of the molecule is CC/C=C\C/C=C\C/C=C\CCCCCC(=O)OCC(COP(=O)(O)OCC(CO)OC(=O)CCCCC/C=C\C/C=C\C/C=C\CC)OC(=O)CCCCCCCCCCCCCCCCCCCCC. The van der Waals surface area contributed by atoms with E-state index in [9.17, 15) is 28.9 Å². The summed E-state index contributed by atoms with van der Waals surface area (Å²) in [5.74, 6) is -1.52. The molecule has 0 bridgehead atoms. The van der Waals surface area contributed by atoms with E-state index in [1.165, 1.54) is 96.3 Å². The number of rotatable bonds is 53. The van der Waals surface area contributed by atoms with Crippen LogP contribution in [0.25, 0.3) is 0 Å². The minimum atomic E-state index is -4.76. The van der Waals surface area contributed by atoms with E-state index in [1.807, 2.05) is 0 Å². The second-order valence-corrected chi connectivity index (χ2v) is 20.5. The van der Waals surface area contributed by atoms with Crippen LogP contribution in [0, 0.1) is 0 Å². The van der Waals surface area contributed by atoms with Gasteiger partial charge in [0.1, 0.15) is 12.7 Å².